The second-order valence-corrected chi connectivity index (χ2v) is 6.66. The van der Waals surface area contributed by atoms with Crippen molar-refractivity contribution in [2.24, 2.45) is 0 Å². The molecule has 0 bridgehead atoms. The van der Waals surface area contributed by atoms with Crippen molar-refractivity contribution in [2.45, 2.75) is 19.1 Å². The Morgan fingerprint density at radius 2 is 2.35 bits per heavy atom. The summed E-state index contributed by atoms with van der Waals surface area (Å²) >= 11 is 1.71. The van der Waals surface area contributed by atoms with Crippen LogP contribution in [0, 0.1) is 0 Å². The summed E-state index contributed by atoms with van der Waals surface area (Å²) in [5, 5.41) is 6.44. The molecule has 2 heterocycles. The first-order valence-electron chi connectivity index (χ1n) is 7.81. The maximum absolute atomic E-state index is 12.5. The molecule has 2 aromatic rings. The molecule has 2 atom stereocenters. The summed E-state index contributed by atoms with van der Waals surface area (Å²) in [7, 11) is 1.64. The highest BCUT2D eigenvalue weighted by atomic mass is 32.1. The molecule has 0 saturated carbocycles. The molecule has 5 nitrogen and oxygen atoms in total. The number of ether oxygens (including phenoxy) is 2. The van der Waals surface area contributed by atoms with Crippen molar-refractivity contribution in [3.8, 4) is 0 Å². The lowest BCUT2D eigenvalue weighted by Crippen LogP contribution is -2.51. The average Bonchev–Trinajstić information content (AvgIpc) is 2.99. The van der Waals surface area contributed by atoms with Crippen molar-refractivity contribution in [3.05, 3.63) is 35.2 Å². The van der Waals surface area contributed by atoms with Crippen molar-refractivity contribution < 1.29 is 14.3 Å². The van der Waals surface area contributed by atoms with Gasteiger partial charge in [0.2, 0.25) is 0 Å². The van der Waals surface area contributed by atoms with Crippen molar-refractivity contribution in [2.75, 3.05) is 33.4 Å². The molecule has 124 valence electrons. The highest BCUT2D eigenvalue weighted by Gasteiger charge is 2.25. The second kappa shape index (κ2) is 7.29. The van der Waals surface area contributed by atoms with Crippen molar-refractivity contribution in [3.63, 3.8) is 0 Å². The number of thiophene rings is 1. The molecule has 1 aromatic heterocycles. The third-order valence-corrected chi connectivity index (χ3v) is 5.08. The van der Waals surface area contributed by atoms with Crippen LogP contribution in [0.3, 0.4) is 0 Å². The van der Waals surface area contributed by atoms with Crippen LogP contribution in [0.2, 0.25) is 0 Å². The van der Waals surface area contributed by atoms with Crippen LogP contribution in [0.5, 0.6) is 0 Å². The van der Waals surface area contributed by atoms with Crippen LogP contribution >= 0.6 is 11.3 Å². The fourth-order valence-corrected chi connectivity index (χ4v) is 3.93. The number of carbonyl (C=O) groups excluding carboxylic acids is 1. The van der Waals surface area contributed by atoms with Gasteiger partial charge in [0.1, 0.15) is 0 Å². The number of amides is 2. The molecule has 23 heavy (non-hydrogen) atoms. The number of fused-ring (bicyclic) bond motifs is 1. The molecule has 1 N–H and O–H groups in total. The third kappa shape index (κ3) is 3.65. The molecule has 1 fully saturated rings. The number of urea groups is 1. The van der Waals surface area contributed by atoms with Gasteiger partial charge < -0.3 is 19.7 Å². The number of benzene rings is 1. The van der Waals surface area contributed by atoms with E-state index in [0.29, 0.717) is 26.3 Å². The molecular weight excluding hydrogens is 312 g/mol. The Morgan fingerprint density at radius 3 is 3.17 bits per heavy atom. The van der Waals surface area contributed by atoms with E-state index in [0.717, 1.165) is 0 Å². The first kappa shape index (κ1) is 16.2. The molecule has 0 unspecified atom stereocenters. The zero-order chi connectivity index (χ0) is 16.2. The molecule has 0 radical (unpaired) electrons. The molecular formula is C17H22N2O3S. The van der Waals surface area contributed by atoms with Crippen LogP contribution < -0.4 is 5.32 Å². The minimum Gasteiger partial charge on any atom is -0.382 e. The minimum absolute atomic E-state index is 0.0256. The highest BCUT2D eigenvalue weighted by molar-refractivity contribution is 7.17. The van der Waals surface area contributed by atoms with Crippen molar-refractivity contribution >= 4 is 27.5 Å². The van der Waals surface area contributed by atoms with E-state index in [-0.39, 0.29) is 18.2 Å². The Bertz CT molecular complexity index is 671. The molecule has 3 rings (SSSR count). The van der Waals surface area contributed by atoms with Crippen LogP contribution in [-0.2, 0) is 9.47 Å². The number of nitrogens with one attached hydrogen (secondary N) is 1. The van der Waals surface area contributed by atoms with Crippen molar-refractivity contribution in [1.82, 2.24) is 10.2 Å². The Balaban J connectivity index is 1.65. The van der Waals surface area contributed by atoms with Crippen molar-refractivity contribution in [1.29, 1.82) is 0 Å². The van der Waals surface area contributed by atoms with Crippen LogP contribution in [0.15, 0.2) is 29.6 Å². The topological polar surface area (TPSA) is 50.8 Å². The van der Waals surface area contributed by atoms with Gasteiger partial charge in [-0.25, -0.2) is 4.79 Å². The standard InChI is InChI=1S/C17H22N2O3S/c1-12(15-11-23-16-6-4-3-5-14(15)16)18-17(20)19-7-8-22-13(9-19)10-21-2/h3-6,11-13H,7-10H2,1-2H3,(H,18,20)/t12-,13+/m1/s1. The first-order valence-corrected chi connectivity index (χ1v) is 8.69. The number of nitrogens with zero attached hydrogens (tertiary/aromatic N) is 1. The molecule has 0 aliphatic carbocycles. The van der Waals surface area contributed by atoms with Crippen LogP contribution in [0.25, 0.3) is 10.1 Å². The van der Waals surface area contributed by atoms with Crippen LogP contribution in [0.1, 0.15) is 18.5 Å². The van der Waals surface area contributed by atoms with Crippen LogP contribution in [-0.4, -0.2) is 50.4 Å². The summed E-state index contributed by atoms with van der Waals surface area (Å²) in [5.74, 6) is 0. The number of morpholine rings is 1. The molecule has 0 spiro atoms. The Morgan fingerprint density at radius 1 is 1.52 bits per heavy atom. The normalized spacial score (nSPS) is 19.7. The minimum atomic E-state index is -0.0446. The number of hydrogen-bond acceptors (Lipinski definition) is 4. The monoisotopic (exact) mass is 334 g/mol. The third-order valence-electron chi connectivity index (χ3n) is 4.10. The largest absolute Gasteiger partial charge is 0.382 e. The summed E-state index contributed by atoms with van der Waals surface area (Å²) in [6.45, 7) is 4.27. The SMILES string of the molecule is COC[C@@H]1CN(C(=O)N[C@H](C)c2csc3ccccc23)CCO1. The first-order chi connectivity index (χ1) is 11.2. The number of methoxy groups -OCH3 is 1. The van der Waals surface area contributed by atoms with E-state index < -0.39 is 0 Å². The summed E-state index contributed by atoms with van der Waals surface area (Å²) < 4.78 is 11.9. The quantitative estimate of drug-likeness (QED) is 0.935. The lowest BCUT2D eigenvalue weighted by atomic mass is 10.1. The summed E-state index contributed by atoms with van der Waals surface area (Å²) in [6, 6.07) is 8.21. The maximum atomic E-state index is 12.5. The second-order valence-electron chi connectivity index (χ2n) is 5.75. The van der Waals surface area contributed by atoms with E-state index in [2.05, 4.69) is 22.8 Å². The molecule has 1 aliphatic rings. The van der Waals surface area contributed by atoms with Gasteiger partial charge in [0.05, 0.1) is 31.9 Å². The highest BCUT2D eigenvalue weighted by Crippen LogP contribution is 2.30. The van der Waals surface area contributed by atoms with Gasteiger partial charge in [0.25, 0.3) is 0 Å². The lowest BCUT2D eigenvalue weighted by Gasteiger charge is -2.33. The fraction of sp³-hybridized carbons (Fsp3) is 0.471. The van der Waals surface area contributed by atoms with E-state index in [1.807, 2.05) is 19.1 Å². The maximum Gasteiger partial charge on any atom is 0.318 e. The molecule has 1 aromatic carbocycles. The fourth-order valence-electron chi connectivity index (χ4n) is 2.88. The van der Waals surface area contributed by atoms with Gasteiger partial charge in [-0.2, -0.15) is 0 Å². The van der Waals surface area contributed by atoms with Gasteiger partial charge in [-0.15, -0.1) is 11.3 Å². The molecule has 1 aliphatic heterocycles. The predicted octanol–water partition coefficient (Wildman–Crippen LogP) is 3.02. The zero-order valence-corrected chi connectivity index (χ0v) is 14.3. The Kier molecular flexibility index (Phi) is 5.15. The number of hydrogen-bond donors (Lipinski definition) is 1. The van der Waals surface area contributed by atoms with Gasteiger partial charge in [0, 0.05) is 18.4 Å². The van der Waals surface area contributed by atoms with Gasteiger partial charge in [-0.05, 0) is 29.3 Å². The number of carbonyl (C=O) groups is 1. The van der Waals surface area contributed by atoms with E-state index in [9.17, 15) is 4.79 Å². The van der Waals surface area contributed by atoms with Gasteiger partial charge in [0.15, 0.2) is 0 Å². The molecule has 6 heteroatoms. The summed E-state index contributed by atoms with van der Waals surface area (Å²) in [4.78, 5) is 14.3. The van der Waals surface area contributed by atoms with E-state index in [4.69, 9.17) is 9.47 Å². The number of rotatable bonds is 4. The van der Waals surface area contributed by atoms with E-state index in [1.54, 1.807) is 23.3 Å². The molecule has 1 saturated heterocycles. The zero-order valence-electron chi connectivity index (χ0n) is 13.5. The Labute approximate surface area is 140 Å². The lowest BCUT2D eigenvalue weighted by molar-refractivity contribution is -0.0496. The van der Waals surface area contributed by atoms with Gasteiger partial charge in [-0.3, -0.25) is 0 Å². The Hall–Kier alpha value is -1.63. The van der Waals surface area contributed by atoms with E-state index in [1.165, 1.54) is 15.6 Å². The van der Waals surface area contributed by atoms with E-state index >= 15 is 0 Å². The predicted molar refractivity (Wildman–Crippen MR) is 92.0 cm³/mol. The van der Waals surface area contributed by atoms with Gasteiger partial charge >= 0.3 is 6.03 Å². The molecule has 2 amide bonds. The summed E-state index contributed by atoms with van der Waals surface area (Å²) in [6.07, 6.45) is -0.0446. The van der Waals surface area contributed by atoms with Crippen LogP contribution in [0.4, 0.5) is 4.79 Å². The average molecular weight is 334 g/mol. The smallest absolute Gasteiger partial charge is 0.318 e. The van der Waals surface area contributed by atoms with Gasteiger partial charge in [-0.1, -0.05) is 18.2 Å². The summed E-state index contributed by atoms with van der Waals surface area (Å²) in [5.41, 5.74) is 1.17.